The van der Waals surface area contributed by atoms with Gasteiger partial charge in [0.2, 0.25) is 5.91 Å². The average molecular weight is 461 g/mol. The van der Waals surface area contributed by atoms with Gasteiger partial charge in [-0.15, -0.1) is 0 Å². The van der Waals surface area contributed by atoms with Crippen LogP contribution >= 0.6 is 0 Å². The molecule has 2 aromatic rings. The van der Waals surface area contributed by atoms with Gasteiger partial charge >= 0.3 is 0 Å². The Kier molecular flexibility index (Phi) is 6.77. The van der Waals surface area contributed by atoms with Gasteiger partial charge in [-0.05, 0) is 62.3 Å². The maximum atomic E-state index is 14.0. The number of hydrazine groups is 1. The number of carbonyl (C=O) groups excluding carboxylic acids is 1. The summed E-state index contributed by atoms with van der Waals surface area (Å²) >= 11 is 0. The summed E-state index contributed by atoms with van der Waals surface area (Å²) in [7, 11) is 0. The highest BCUT2D eigenvalue weighted by Gasteiger charge is 2.45. The molecule has 5 heteroatoms. The van der Waals surface area contributed by atoms with Gasteiger partial charge in [0.25, 0.3) is 0 Å². The first kappa shape index (κ1) is 24.3. The summed E-state index contributed by atoms with van der Waals surface area (Å²) in [6, 6.07) is 19.0. The molecule has 5 nitrogen and oxygen atoms in total. The molecule has 1 amide bonds. The Morgan fingerprint density at radius 2 is 1.71 bits per heavy atom. The van der Waals surface area contributed by atoms with E-state index in [-0.39, 0.29) is 28.9 Å². The van der Waals surface area contributed by atoms with Crippen molar-refractivity contribution < 1.29 is 4.79 Å². The summed E-state index contributed by atoms with van der Waals surface area (Å²) in [5, 5.41) is 9.38. The zero-order valence-corrected chi connectivity index (χ0v) is 21.5. The number of rotatable bonds is 7. The van der Waals surface area contributed by atoms with Crippen LogP contribution in [-0.2, 0) is 16.8 Å². The van der Waals surface area contributed by atoms with Crippen molar-refractivity contribution in [2.45, 2.75) is 77.9 Å². The van der Waals surface area contributed by atoms with Crippen LogP contribution in [0.25, 0.3) is 0 Å². The van der Waals surface area contributed by atoms with Gasteiger partial charge < -0.3 is 10.6 Å². The lowest BCUT2D eigenvalue weighted by Gasteiger charge is -2.42. The van der Waals surface area contributed by atoms with Crippen LogP contribution in [-0.4, -0.2) is 23.0 Å². The fourth-order valence-electron chi connectivity index (χ4n) is 5.35. The largest absolute Gasteiger partial charge is 0.363 e. The van der Waals surface area contributed by atoms with E-state index in [2.05, 4.69) is 99.0 Å². The zero-order valence-electron chi connectivity index (χ0n) is 21.5. The lowest BCUT2D eigenvalue weighted by Crippen LogP contribution is -2.58. The molecule has 2 aliphatic rings. The normalized spacial score (nSPS) is 21.8. The van der Waals surface area contributed by atoms with Gasteiger partial charge in [0.1, 0.15) is 5.82 Å². The van der Waals surface area contributed by atoms with Gasteiger partial charge in [-0.1, -0.05) is 75.4 Å². The quantitative estimate of drug-likeness (QED) is 0.533. The van der Waals surface area contributed by atoms with Crippen molar-refractivity contribution >= 4 is 5.91 Å². The molecule has 0 aliphatic carbocycles. The van der Waals surface area contributed by atoms with Crippen LogP contribution in [0.3, 0.4) is 0 Å². The number of nitrogens with one attached hydrogen (secondary N) is 3. The molecule has 2 atom stereocenters. The van der Waals surface area contributed by atoms with Gasteiger partial charge in [-0.25, -0.2) is 5.43 Å². The second kappa shape index (κ2) is 9.46. The first-order valence-corrected chi connectivity index (χ1v) is 12.7. The molecule has 1 unspecified atom stereocenters. The third-order valence-electron chi connectivity index (χ3n) is 8.03. The highest BCUT2D eigenvalue weighted by atomic mass is 16.2. The van der Waals surface area contributed by atoms with E-state index in [9.17, 15) is 4.79 Å². The van der Waals surface area contributed by atoms with E-state index < -0.39 is 0 Å². The van der Waals surface area contributed by atoms with Crippen LogP contribution in [0.4, 0.5) is 0 Å². The monoisotopic (exact) mass is 460 g/mol. The van der Waals surface area contributed by atoms with E-state index in [1.165, 1.54) is 16.7 Å². The minimum Gasteiger partial charge on any atom is -0.363 e. The van der Waals surface area contributed by atoms with E-state index in [0.29, 0.717) is 6.54 Å². The van der Waals surface area contributed by atoms with E-state index >= 15 is 0 Å². The Balaban J connectivity index is 1.66. The standard InChI is InChI=1S/C29H40N4O/c1-7-21-15-17-23(18-16-21)29(8-2,9-3)31-27(34)24-19-33-26(20(4)28(5,6)32-33)30-25(24)22-13-11-10-12-14-22/h10-18,24-25,30,32H,7-9,19H2,1-6H3,(H,31,34)/t24?,25-/m0/s1. The zero-order chi connectivity index (χ0) is 24.5. The number of benzene rings is 2. The van der Waals surface area contributed by atoms with Crippen LogP contribution in [0, 0.1) is 5.92 Å². The molecular formula is C29H40N4O. The van der Waals surface area contributed by atoms with Crippen LogP contribution < -0.4 is 16.1 Å². The van der Waals surface area contributed by atoms with Crippen LogP contribution in [0.1, 0.15) is 77.1 Å². The molecule has 1 fully saturated rings. The van der Waals surface area contributed by atoms with Gasteiger partial charge in [0, 0.05) is 6.54 Å². The molecule has 0 bridgehead atoms. The summed E-state index contributed by atoms with van der Waals surface area (Å²) in [5.41, 5.74) is 7.96. The van der Waals surface area contributed by atoms with Crippen molar-refractivity contribution in [3.05, 3.63) is 82.7 Å². The van der Waals surface area contributed by atoms with E-state index in [1.807, 2.05) is 18.2 Å². The summed E-state index contributed by atoms with van der Waals surface area (Å²) in [5.74, 6) is 0.941. The molecule has 2 aromatic carbocycles. The molecule has 0 radical (unpaired) electrons. The Hall–Kier alpha value is -2.79. The number of hydrogen-bond donors (Lipinski definition) is 3. The van der Waals surface area contributed by atoms with Crippen molar-refractivity contribution in [1.29, 1.82) is 0 Å². The van der Waals surface area contributed by atoms with Crippen molar-refractivity contribution in [3.8, 4) is 0 Å². The fraction of sp³-hybridized carbons (Fsp3) is 0.483. The Morgan fingerprint density at radius 1 is 1.06 bits per heavy atom. The summed E-state index contributed by atoms with van der Waals surface area (Å²) in [4.78, 5) is 14.0. The third-order valence-corrected chi connectivity index (χ3v) is 8.03. The first-order valence-electron chi connectivity index (χ1n) is 12.7. The summed E-state index contributed by atoms with van der Waals surface area (Å²) in [6.07, 6.45) is 2.70. The minimum absolute atomic E-state index is 0.0906. The van der Waals surface area contributed by atoms with Crippen LogP contribution in [0.5, 0.6) is 0 Å². The molecule has 34 heavy (non-hydrogen) atoms. The van der Waals surface area contributed by atoms with Gasteiger partial charge in [0.05, 0.1) is 23.0 Å². The SMILES string of the molecule is CCc1ccc(C(CC)(CC)NC(=O)C2CN3NC(C)(C)C(C)=C3N[C@H]2c2ccccc2)cc1. The van der Waals surface area contributed by atoms with Gasteiger partial charge in [-0.2, -0.15) is 0 Å². The number of carbonyl (C=O) groups is 1. The van der Waals surface area contributed by atoms with Gasteiger partial charge in [0.15, 0.2) is 0 Å². The van der Waals surface area contributed by atoms with Gasteiger partial charge in [-0.3, -0.25) is 9.80 Å². The van der Waals surface area contributed by atoms with Crippen molar-refractivity contribution in [2.24, 2.45) is 5.92 Å². The highest BCUT2D eigenvalue weighted by molar-refractivity contribution is 5.81. The summed E-state index contributed by atoms with van der Waals surface area (Å²) < 4.78 is 0. The Labute approximate surface area is 205 Å². The van der Waals surface area contributed by atoms with Crippen molar-refractivity contribution in [3.63, 3.8) is 0 Å². The Bertz CT molecular complexity index is 1040. The van der Waals surface area contributed by atoms with Crippen LogP contribution in [0.15, 0.2) is 66.0 Å². The first-order chi connectivity index (χ1) is 16.2. The smallest absolute Gasteiger partial charge is 0.228 e. The second-order valence-corrected chi connectivity index (χ2v) is 10.3. The molecule has 2 aliphatic heterocycles. The van der Waals surface area contributed by atoms with E-state index in [4.69, 9.17) is 0 Å². The second-order valence-electron chi connectivity index (χ2n) is 10.3. The lowest BCUT2D eigenvalue weighted by molar-refractivity contribution is -0.130. The maximum Gasteiger partial charge on any atom is 0.228 e. The number of hydrogen-bond acceptors (Lipinski definition) is 4. The molecule has 0 aromatic heterocycles. The number of aryl methyl sites for hydroxylation is 1. The molecule has 1 saturated heterocycles. The fourth-order valence-corrected chi connectivity index (χ4v) is 5.35. The lowest BCUT2D eigenvalue weighted by atomic mass is 9.82. The highest BCUT2D eigenvalue weighted by Crippen LogP contribution is 2.38. The molecule has 0 spiro atoms. The average Bonchev–Trinajstić information content (AvgIpc) is 3.09. The topological polar surface area (TPSA) is 56.4 Å². The molecule has 182 valence electrons. The predicted molar refractivity (Wildman–Crippen MR) is 139 cm³/mol. The van der Waals surface area contributed by atoms with Crippen LogP contribution in [0.2, 0.25) is 0 Å². The Morgan fingerprint density at radius 3 is 2.29 bits per heavy atom. The minimum atomic E-state index is -0.381. The van der Waals surface area contributed by atoms with E-state index in [1.54, 1.807) is 0 Å². The molecule has 4 rings (SSSR count). The molecule has 3 N–H and O–H groups in total. The maximum absolute atomic E-state index is 14.0. The molecule has 2 heterocycles. The van der Waals surface area contributed by atoms with Crippen molar-refractivity contribution in [2.75, 3.05) is 6.54 Å². The van der Waals surface area contributed by atoms with E-state index in [0.717, 1.165) is 30.6 Å². The predicted octanol–water partition coefficient (Wildman–Crippen LogP) is 5.17. The third kappa shape index (κ3) is 4.34. The number of fused-ring (bicyclic) bond motifs is 1. The number of amides is 1. The molecular weight excluding hydrogens is 420 g/mol. The summed E-state index contributed by atoms with van der Waals surface area (Å²) in [6.45, 7) is 13.6. The molecule has 0 saturated carbocycles. The number of nitrogens with zero attached hydrogens (tertiary/aromatic N) is 1. The van der Waals surface area contributed by atoms with Crippen molar-refractivity contribution in [1.82, 2.24) is 21.1 Å².